The molecule has 0 fully saturated rings. The second-order valence-corrected chi connectivity index (χ2v) is 13.7. The highest BCUT2D eigenvalue weighted by molar-refractivity contribution is 6.10. The number of hydrogen-bond donors (Lipinski definition) is 0. The quantitative estimate of drug-likeness (QED) is 0.145. The maximum absolute atomic E-state index is 14.0. The molecule has 0 unspecified atom stereocenters. The monoisotopic (exact) mass is 755 g/mol. The van der Waals surface area contributed by atoms with Gasteiger partial charge in [0.25, 0.3) is 0 Å². The summed E-state index contributed by atoms with van der Waals surface area (Å²) < 4.78 is 90.7. The maximum Gasteiger partial charge on any atom is 0.123 e. The summed E-state index contributed by atoms with van der Waals surface area (Å²) in [5.41, 5.74) is 6.01. The Morgan fingerprint density at radius 1 is 0.345 bits per heavy atom. The van der Waals surface area contributed by atoms with E-state index >= 15 is 0 Å². The van der Waals surface area contributed by atoms with E-state index in [4.69, 9.17) is 0 Å². The van der Waals surface area contributed by atoms with Gasteiger partial charge in [-0.3, -0.25) is 0 Å². The van der Waals surface area contributed by atoms with Crippen LogP contribution in [0.1, 0.15) is 11.0 Å². The highest BCUT2D eigenvalue weighted by Crippen LogP contribution is 2.41. The molecule has 1 heterocycles. The van der Waals surface area contributed by atoms with Gasteiger partial charge in [0.1, 0.15) is 5.82 Å². The lowest BCUT2D eigenvalue weighted by Crippen LogP contribution is -2.09. The van der Waals surface area contributed by atoms with Crippen LogP contribution in [0, 0.1) is 5.82 Å². The first kappa shape index (κ1) is 27.0. The van der Waals surface area contributed by atoms with Crippen molar-refractivity contribution in [1.29, 1.82) is 0 Å². The zero-order valence-electron chi connectivity index (χ0n) is 39.0. The first-order valence-corrected chi connectivity index (χ1v) is 18.9. The summed E-state index contributed by atoms with van der Waals surface area (Å²) in [6.45, 7) is 0. The van der Waals surface area contributed by atoms with Crippen molar-refractivity contribution in [3.63, 3.8) is 0 Å². The summed E-state index contributed by atoms with van der Waals surface area (Å²) in [7, 11) is 0. The molecule has 9 aromatic carbocycles. The molecule has 10 rings (SSSR count). The highest BCUT2D eigenvalue weighted by atomic mass is 19.1. The van der Waals surface area contributed by atoms with Crippen molar-refractivity contribution in [1.82, 2.24) is 4.57 Å². The van der Waals surface area contributed by atoms with Crippen molar-refractivity contribution in [3.05, 3.63) is 236 Å². The molecule has 0 aliphatic carbocycles. The molecule has 0 aliphatic rings. The van der Waals surface area contributed by atoms with E-state index in [2.05, 4.69) is 4.90 Å². The molecule has 0 N–H and O–H groups in total. The molecule has 0 spiro atoms. The second kappa shape index (κ2) is 15.1. The molecule has 276 valence electrons. The number of anilines is 6. The third-order valence-corrected chi connectivity index (χ3v) is 10.2. The number of benzene rings is 9. The molecule has 3 nitrogen and oxygen atoms in total. The first-order chi connectivity index (χ1) is 32.0. The van der Waals surface area contributed by atoms with Crippen molar-refractivity contribution in [2.24, 2.45) is 0 Å². The van der Waals surface area contributed by atoms with Crippen molar-refractivity contribution < 1.29 is 15.4 Å². The van der Waals surface area contributed by atoms with E-state index in [9.17, 15) is 15.4 Å². The van der Waals surface area contributed by atoms with E-state index in [0.717, 1.165) is 44.6 Å². The molecule has 0 radical (unpaired) electrons. The lowest BCUT2D eigenvalue weighted by atomic mass is 9.99. The van der Waals surface area contributed by atoms with Crippen molar-refractivity contribution >= 4 is 55.9 Å². The van der Waals surface area contributed by atoms with Gasteiger partial charge >= 0.3 is 0 Å². The molecule has 0 atom stereocenters. The fourth-order valence-electron chi connectivity index (χ4n) is 7.46. The molecule has 0 amide bonds. The van der Waals surface area contributed by atoms with E-state index in [-0.39, 0.29) is 40.3 Å². The van der Waals surface area contributed by atoms with Crippen LogP contribution in [0.15, 0.2) is 230 Å². The Bertz CT molecular complexity index is 3360. The summed E-state index contributed by atoms with van der Waals surface area (Å²) in [6.07, 6.45) is 0. The minimum absolute atomic E-state index is 0.0459. The summed E-state index contributed by atoms with van der Waals surface area (Å²) in [6, 6.07) is 52.1. The van der Waals surface area contributed by atoms with Gasteiger partial charge in [0.15, 0.2) is 0 Å². The van der Waals surface area contributed by atoms with E-state index in [0.29, 0.717) is 16.9 Å². The molecular weight excluding hydrogens is 710 g/mol. The third kappa shape index (κ3) is 6.57. The summed E-state index contributed by atoms with van der Waals surface area (Å²) in [4.78, 5) is 3.73. The Kier molecular flexibility index (Phi) is 7.03. The topological polar surface area (TPSA) is 11.4 Å². The number of aromatic nitrogens is 1. The Morgan fingerprint density at radius 3 is 1.34 bits per heavy atom. The Hall–Kier alpha value is -7.69. The first-order valence-electron chi connectivity index (χ1n) is 22.9. The van der Waals surface area contributed by atoms with Gasteiger partial charge in [-0.1, -0.05) is 121 Å². The standard InChI is InChI=1S/C54H38FN3/c55-43-28-34-49(35-29-43)58-53-19-11-10-18-51(53)52-38-50(36-37-54(52)58)57(46-16-8-3-9-17-46)48-32-26-42(27-33-48)40-22-20-39(21-23-40)41-24-30-47(31-25-41)56(44-12-4-1-5-13-44)45-14-6-2-7-15-45/h1-38H/i20D,21D,22D,23D,26D,27D,32D,33D. The lowest BCUT2D eigenvalue weighted by Gasteiger charge is -2.26. The number of hydrogen-bond acceptors (Lipinski definition) is 2. The number of para-hydroxylation sites is 4. The van der Waals surface area contributed by atoms with Gasteiger partial charge in [-0.25, -0.2) is 4.39 Å². The van der Waals surface area contributed by atoms with Crippen LogP contribution in [0.2, 0.25) is 0 Å². The van der Waals surface area contributed by atoms with Crippen LogP contribution in [0.3, 0.4) is 0 Å². The molecule has 0 bridgehead atoms. The van der Waals surface area contributed by atoms with Crippen LogP contribution >= 0.6 is 0 Å². The van der Waals surface area contributed by atoms with Gasteiger partial charge in [-0.15, -0.1) is 0 Å². The Labute approximate surface area is 349 Å². The number of rotatable bonds is 9. The van der Waals surface area contributed by atoms with Crippen LogP contribution in [0.4, 0.5) is 38.5 Å². The van der Waals surface area contributed by atoms with E-state index in [1.165, 1.54) is 12.1 Å². The van der Waals surface area contributed by atoms with Gasteiger partial charge in [-0.05, 0) is 131 Å². The van der Waals surface area contributed by atoms with Crippen LogP contribution in [-0.2, 0) is 0 Å². The van der Waals surface area contributed by atoms with Gasteiger partial charge < -0.3 is 14.4 Å². The van der Waals surface area contributed by atoms with Gasteiger partial charge in [0, 0.05) is 50.6 Å². The number of nitrogens with zero attached hydrogens (tertiary/aromatic N) is 3. The van der Waals surface area contributed by atoms with E-state index in [1.807, 2.05) is 138 Å². The molecule has 0 saturated carbocycles. The summed E-state index contributed by atoms with van der Waals surface area (Å²) in [5.74, 6) is -0.349. The molecule has 10 aromatic rings. The van der Waals surface area contributed by atoms with Crippen molar-refractivity contribution in [3.8, 4) is 27.9 Å². The zero-order valence-corrected chi connectivity index (χ0v) is 31.0. The third-order valence-electron chi connectivity index (χ3n) is 10.2. The van der Waals surface area contributed by atoms with E-state index < -0.39 is 36.3 Å². The fraction of sp³-hybridized carbons (Fsp3) is 0. The molecule has 0 aliphatic heterocycles. The Balaban J connectivity index is 1.09. The molecular formula is C54H38FN3. The predicted octanol–water partition coefficient (Wildman–Crippen LogP) is 15.2. The Morgan fingerprint density at radius 2 is 0.776 bits per heavy atom. The van der Waals surface area contributed by atoms with Crippen LogP contribution < -0.4 is 9.80 Å². The maximum atomic E-state index is 14.0. The highest BCUT2D eigenvalue weighted by Gasteiger charge is 2.18. The van der Waals surface area contributed by atoms with Crippen molar-refractivity contribution in [2.45, 2.75) is 0 Å². The molecule has 0 saturated heterocycles. The molecule has 4 heteroatoms. The van der Waals surface area contributed by atoms with Crippen LogP contribution in [-0.4, -0.2) is 4.57 Å². The van der Waals surface area contributed by atoms with E-state index in [1.54, 1.807) is 41.3 Å². The van der Waals surface area contributed by atoms with Crippen LogP contribution in [0.25, 0.3) is 49.7 Å². The minimum atomic E-state index is -0.513. The molecule has 58 heavy (non-hydrogen) atoms. The average molecular weight is 756 g/mol. The fourth-order valence-corrected chi connectivity index (χ4v) is 7.46. The minimum Gasteiger partial charge on any atom is -0.311 e. The average Bonchev–Trinajstić information content (AvgIpc) is 3.68. The van der Waals surface area contributed by atoms with Gasteiger partial charge in [0.05, 0.1) is 22.0 Å². The normalized spacial score (nSPS) is 13.1. The van der Waals surface area contributed by atoms with Crippen LogP contribution in [0.5, 0.6) is 0 Å². The van der Waals surface area contributed by atoms with Crippen molar-refractivity contribution in [2.75, 3.05) is 9.80 Å². The largest absolute Gasteiger partial charge is 0.311 e. The number of halogens is 1. The SMILES string of the molecule is [2H]c1c([2H])c(-c2c([2H])c([2H])c(N(c3ccccc3)c3ccc4c(c3)c3ccccc3n4-c3ccc(F)cc3)c([2H])c2[2H])c([2H])c([2H])c1-c1ccc(N(c2ccccc2)c2ccccc2)cc1. The predicted molar refractivity (Wildman–Crippen MR) is 241 cm³/mol. The zero-order chi connectivity index (χ0) is 45.8. The summed E-state index contributed by atoms with van der Waals surface area (Å²) >= 11 is 0. The second-order valence-electron chi connectivity index (χ2n) is 13.7. The number of fused-ring (bicyclic) bond motifs is 3. The lowest BCUT2D eigenvalue weighted by molar-refractivity contribution is 0.627. The van der Waals surface area contributed by atoms with Gasteiger partial charge in [-0.2, -0.15) is 0 Å². The smallest absolute Gasteiger partial charge is 0.123 e. The summed E-state index contributed by atoms with van der Waals surface area (Å²) in [5, 5.41) is 1.74. The molecule has 1 aromatic heterocycles. The van der Waals surface area contributed by atoms with Gasteiger partial charge in [0.2, 0.25) is 0 Å².